The average Bonchev–Trinajstić information content (AvgIpc) is 2.92. The van der Waals surface area contributed by atoms with E-state index in [0.29, 0.717) is 17.3 Å². The number of benzene rings is 2. The molecule has 0 aliphatic rings. The summed E-state index contributed by atoms with van der Waals surface area (Å²) in [7, 11) is 0. The molecule has 0 saturated heterocycles. The first-order chi connectivity index (χ1) is 10.3. The first kappa shape index (κ1) is 13.6. The first-order valence-corrected chi connectivity index (χ1v) is 6.97. The van der Waals surface area contributed by atoms with Crippen molar-refractivity contribution in [2.24, 2.45) is 0 Å². The van der Waals surface area contributed by atoms with Gasteiger partial charge in [0.2, 0.25) is 0 Å². The number of aldehydes is 1. The van der Waals surface area contributed by atoms with E-state index in [1.165, 1.54) is 0 Å². The minimum atomic E-state index is 0.559. The molecule has 3 nitrogen and oxygen atoms in total. The van der Waals surface area contributed by atoms with Gasteiger partial charge >= 0.3 is 0 Å². The van der Waals surface area contributed by atoms with E-state index in [2.05, 4.69) is 5.10 Å². The molecule has 0 N–H and O–H groups in total. The van der Waals surface area contributed by atoms with Gasteiger partial charge in [0, 0.05) is 10.6 Å². The molecule has 0 saturated carbocycles. The van der Waals surface area contributed by atoms with Crippen molar-refractivity contribution in [1.29, 1.82) is 0 Å². The fourth-order valence-corrected chi connectivity index (χ4v) is 2.30. The molecule has 0 bridgehead atoms. The monoisotopic (exact) mass is 296 g/mol. The van der Waals surface area contributed by atoms with Crippen LogP contribution in [-0.2, 0) is 6.54 Å². The minimum absolute atomic E-state index is 0.559. The van der Waals surface area contributed by atoms with Crippen LogP contribution in [0.3, 0.4) is 0 Å². The lowest BCUT2D eigenvalue weighted by Gasteiger charge is -2.03. The van der Waals surface area contributed by atoms with E-state index in [9.17, 15) is 4.79 Å². The van der Waals surface area contributed by atoms with Gasteiger partial charge in [-0.1, -0.05) is 54.1 Å². The lowest BCUT2D eigenvalue weighted by Crippen LogP contribution is -2.05. The Kier molecular flexibility index (Phi) is 3.84. The van der Waals surface area contributed by atoms with Gasteiger partial charge < -0.3 is 0 Å². The Morgan fingerprint density at radius 1 is 1.05 bits per heavy atom. The summed E-state index contributed by atoms with van der Waals surface area (Å²) in [5.74, 6) is 0. The van der Waals surface area contributed by atoms with Gasteiger partial charge in [-0.15, -0.1) is 0 Å². The predicted octanol–water partition coefficient (Wildman–Crippen LogP) is 4.06. The fraction of sp³-hybridized carbons (Fsp3) is 0.0588. The van der Waals surface area contributed by atoms with Crippen LogP contribution in [0, 0.1) is 0 Å². The Hall–Kier alpha value is -2.39. The summed E-state index contributed by atoms with van der Waals surface area (Å²) in [6, 6.07) is 19.1. The van der Waals surface area contributed by atoms with Crippen LogP contribution >= 0.6 is 11.6 Å². The van der Waals surface area contributed by atoms with E-state index >= 15 is 0 Å². The summed E-state index contributed by atoms with van der Waals surface area (Å²) in [6.45, 7) is 0.572. The highest BCUT2D eigenvalue weighted by molar-refractivity contribution is 6.30. The molecule has 1 heterocycles. The molecule has 0 unspecified atom stereocenters. The third kappa shape index (κ3) is 3.03. The number of halogens is 1. The Bertz CT molecular complexity index is 748. The van der Waals surface area contributed by atoms with E-state index < -0.39 is 0 Å². The number of carbonyl (C=O) groups is 1. The van der Waals surface area contributed by atoms with Crippen molar-refractivity contribution in [1.82, 2.24) is 9.78 Å². The molecule has 104 valence electrons. The highest BCUT2D eigenvalue weighted by Gasteiger charge is 2.09. The van der Waals surface area contributed by atoms with Crippen LogP contribution in [-0.4, -0.2) is 16.1 Å². The Labute approximate surface area is 127 Å². The highest BCUT2D eigenvalue weighted by Crippen LogP contribution is 2.21. The smallest absolute Gasteiger partial charge is 0.168 e. The average molecular weight is 297 g/mol. The second-order valence-corrected chi connectivity index (χ2v) is 5.16. The third-order valence-corrected chi connectivity index (χ3v) is 3.50. The maximum absolute atomic E-state index is 11.2. The Morgan fingerprint density at radius 3 is 2.43 bits per heavy atom. The largest absolute Gasteiger partial charge is 0.296 e. The first-order valence-electron chi connectivity index (χ1n) is 6.59. The van der Waals surface area contributed by atoms with E-state index in [-0.39, 0.29) is 0 Å². The van der Waals surface area contributed by atoms with E-state index in [1.54, 1.807) is 10.7 Å². The highest BCUT2D eigenvalue weighted by atomic mass is 35.5. The third-order valence-electron chi connectivity index (χ3n) is 3.25. The van der Waals surface area contributed by atoms with Gasteiger partial charge in [0.1, 0.15) is 5.69 Å². The Morgan fingerprint density at radius 2 is 1.76 bits per heavy atom. The number of hydrogen-bond donors (Lipinski definition) is 0. The maximum atomic E-state index is 11.2. The molecule has 1 aromatic heterocycles. The van der Waals surface area contributed by atoms with Crippen LogP contribution in [0.5, 0.6) is 0 Å². The van der Waals surface area contributed by atoms with Gasteiger partial charge in [-0.25, -0.2) is 0 Å². The number of hydrogen-bond acceptors (Lipinski definition) is 2. The van der Waals surface area contributed by atoms with Crippen LogP contribution in [0.25, 0.3) is 11.3 Å². The number of nitrogens with zero attached hydrogens (tertiary/aromatic N) is 2. The molecule has 4 heteroatoms. The van der Waals surface area contributed by atoms with Gasteiger partial charge in [0.15, 0.2) is 6.29 Å². The van der Waals surface area contributed by atoms with Crippen LogP contribution in [0.2, 0.25) is 5.02 Å². The van der Waals surface area contributed by atoms with Crippen LogP contribution in [0.1, 0.15) is 16.1 Å². The van der Waals surface area contributed by atoms with Crippen LogP contribution in [0.4, 0.5) is 0 Å². The van der Waals surface area contributed by atoms with E-state index in [4.69, 9.17) is 11.6 Å². The van der Waals surface area contributed by atoms with Crippen molar-refractivity contribution in [2.75, 3.05) is 0 Å². The van der Waals surface area contributed by atoms with Crippen LogP contribution < -0.4 is 0 Å². The van der Waals surface area contributed by atoms with Crippen molar-refractivity contribution in [3.63, 3.8) is 0 Å². The van der Waals surface area contributed by atoms with Crippen molar-refractivity contribution < 1.29 is 4.79 Å². The van der Waals surface area contributed by atoms with Gasteiger partial charge in [-0.3, -0.25) is 9.48 Å². The zero-order chi connectivity index (χ0) is 14.7. The lowest BCUT2D eigenvalue weighted by molar-refractivity contribution is 0.111. The van der Waals surface area contributed by atoms with Crippen molar-refractivity contribution >= 4 is 17.9 Å². The fourth-order valence-electron chi connectivity index (χ4n) is 2.17. The molecule has 0 radical (unpaired) electrons. The molecule has 2 aromatic carbocycles. The number of rotatable bonds is 4. The van der Waals surface area contributed by atoms with Gasteiger partial charge in [0.05, 0.1) is 12.2 Å². The molecule has 0 fully saturated rings. The number of carbonyl (C=O) groups excluding carboxylic acids is 1. The summed E-state index contributed by atoms with van der Waals surface area (Å²) in [5.41, 5.74) is 3.37. The summed E-state index contributed by atoms with van der Waals surface area (Å²) in [6.07, 6.45) is 0.829. The normalized spacial score (nSPS) is 10.5. The topological polar surface area (TPSA) is 34.9 Å². The second-order valence-electron chi connectivity index (χ2n) is 4.72. The molecule has 0 atom stereocenters. The van der Waals surface area contributed by atoms with Gasteiger partial charge in [-0.2, -0.15) is 5.10 Å². The quantitative estimate of drug-likeness (QED) is 0.680. The molecule has 0 amide bonds. The molecule has 3 aromatic rings. The standard InChI is InChI=1S/C17H13ClN2O/c18-15-8-6-14(7-9-15)17-10-16(12-21)20(19-17)11-13-4-2-1-3-5-13/h1-10,12H,11H2. The summed E-state index contributed by atoms with van der Waals surface area (Å²) >= 11 is 5.89. The number of aromatic nitrogens is 2. The summed E-state index contributed by atoms with van der Waals surface area (Å²) in [4.78, 5) is 11.2. The molecular weight excluding hydrogens is 284 g/mol. The molecule has 3 rings (SSSR count). The lowest BCUT2D eigenvalue weighted by atomic mass is 10.1. The second kappa shape index (κ2) is 5.94. The van der Waals surface area contributed by atoms with E-state index in [1.807, 2.05) is 54.6 Å². The molecule has 21 heavy (non-hydrogen) atoms. The molecule has 0 aliphatic carbocycles. The zero-order valence-electron chi connectivity index (χ0n) is 11.2. The van der Waals surface area contributed by atoms with Crippen molar-refractivity contribution in [3.05, 3.63) is 76.9 Å². The molecule has 0 aliphatic heterocycles. The van der Waals surface area contributed by atoms with Crippen molar-refractivity contribution in [3.8, 4) is 11.3 Å². The van der Waals surface area contributed by atoms with Gasteiger partial charge in [0.25, 0.3) is 0 Å². The minimum Gasteiger partial charge on any atom is -0.296 e. The summed E-state index contributed by atoms with van der Waals surface area (Å²) < 4.78 is 1.71. The summed E-state index contributed by atoms with van der Waals surface area (Å²) in [5, 5.41) is 5.20. The Balaban J connectivity index is 1.94. The van der Waals surface area contributed by atoms with Crippen molar-refractivity contribution in [2.45, 2.75) is 6.54 Å². The van der Waals surface area contributed by atoms with E-state index in [0.717, 1.165) is 23.1 Å². The predicted molar refractivity (Wildman–Crippen MR) is 83.6 cm³/mol. The maximum Gasteiger partial charge on any atom is 0.168 e. The SMILES string of the molecule is O=Cc1cc(-c2ccc(Cl)cc2)nn1Cc1ccccc1. The van der Waals surface area contributed by atoms with Crippen LogP contribution in [0.15, 0.2) is 60.7 Å². The van der Waals surface area contributed by atoms with Gasteiger partial charge in [-0.05, 0) is 23.8 Å². The molecular formula is C17H13ClN2O. The zero-order valence-corrected chi connectivity index (χ0v) is 12.0. The molecule has 0 spiro atoms.